The SMILES string of the molecule is OC(O)O[SiH2]CCCCc1cc(F)c(F)c(F)c1F. The normalized spacial score (nSPS) is 11.9. The Morgan fingerprint density at radius 1 is 1.05 bits per heavy atom. The van der Waals surface area contributed by atoms with Crippen LogP contribution in [0.5, 0.6) is 0 Å². The van der Waals surface area contributed by atoms with Crippen molar-refractivity contribution in [2.24, 2.45) is 0 Å². The molecule has 0 unspecified atom stereocenters. The highest BCUT2D eigenvalue weighted by atomic mass is 28.2. The predicted molar refractivity (Wildman–Crippen MR) is 61.9 cm³/mol. The average molecular weight is 298 g/mol. The first-order chi connectivity index (χ1) is 8.93. The van der Waals surface area contributed by atoms with E-state index in [4.69, 9.17) is 10.2 Å². The van der Waals surface area contributed by atoms with Gasteiger partial charge in [-0.1, -0.05) is 6.42 Å². The third kappa shape index (κ3) is 4.90. The van der Waals surface area contributed by atoms with Gasteiger partial charge in [-0.25, -0.2) is 17.6 Å². The van der Waals surface area contributed by atoms with E-state index in [1.54, 1.807) is 0 Å². The Hall–Kier alpha value is -0.963. The molecule has 0 saturated heterocycles. The van der Waals surface area contributed by atoms with E-state index >= 15 is 0 Å². The minimum absolute atomic E-state index is 0.0794. The Morgan fingerprint density at radius 3 is 2.37 bits per heavy atom. The first kappa shape index (κ1) is 16.1. The largest absolute Gasteiger partial charge is 0.379 e. The smallest absolute Gasteiger partial charge is 0.256 e. The zero-order valence-electron chi connectivity index (χ0n) is 10.0. The van der Waals surface area contributed by atoms with E-state index in [1.165, 1.54) is 0 Å². The molecule has 0 aliphatic heterocycles. The molecular formula is C11H14F4O3Si. The van der Waals surface area contributed by atoms with Gasteiger partial charge in [0.2, 0.25) is 0 Å². The second kappa shape index (κ2) is 7.58. The Bertz CT molecular complexity index is 429. The monoisotopic (exact) mass is 298 g/mol. The van der Waals surface area contributed by atoms with Gasteiger partial charge in [-0.15, -0.1) is 0 Å². The molecule has 8 heteroatoms. The molecule has 1 rings (SSSR count). The van der Waals surface area contributed by atoms with Crippen LogP contribution in [0.3, 0.4) is 0 Å². The van der Waals surface area contributed by atoms with E-state index in [0.29, 0.717) is 25.0 Å². The first-order valence-electron chi connectivity index (χ1n) is 5.73. The Kier molecular flexibility index (Phi) is 6.42. The first-order valence-corrected chi connectivity index (χ1v) is 7.30. The van der Waals surface area contributed by atoms with Gasteiger partial charge in [0.25, 0.3) is 6.48 Å². The van der Waals surface area contributed by atoms with E-state index in [-0.39, 0.29) is 12.0 Å². The molecule has 0 aliphatic carbocycles. The molecule has 0 atom stereocenters. The van der Waals surface area contributed by atoms with Crippen LogP contribution < -0.4 is 0 Å². The predicted octanol–water partition coefficient (Wildman–Crippen LogP) is 1.35. The highest BCUT2D eigenvalue weighted by molar-refractivity contribution is 6.26. The van der Waals surface area contributed by atoms with Crippen LogP contribution in [0.25, 0.3) is 0 Å². The molecule has 0 radical (unpaired) electrons. The molecule has 0 fully saturated rings. The molecule has 19 heavy (non-hydrogen) atoms. The fourth-order valence-corrected chi connectivity index (χ4v) is 2.52. The molecule has 108 valence electrons. The highest BCUT2D eigenvalue weighted by Crippen LogP contribution is 2.20. The zero-order chi connectivity index (χ0) is 14.4. The molecule has 3 nitrogen and oxygen atoms in total. The van der Waals surface area contributed by atoms with Gasteiger partial charge in [-0.05, 0) is 30.5 Å². The van der Waals surface area contributed by atoms with Crippen molar-refractivity contribution in [3.63, 3.8) is 0 Å². The molecular weight excluding hydrogens is 284 g/mol. The fourth-order valence-electron chi connectivity index (χ4n) is 1.59. The number of benzene rings is 1. The number of hydrogen-bond donors (Lipinski definition) is 2. The lowest BCUT2D eigenvalue weighted by atomic mass is 10.1. The van der Waals surface area contributed by atoms with E-state index < -0.39 is 39.5 Å². The Morgan fingerprint density at radius 2 is 1.74 bits per heavy atom. The number of halogens is 4. The summed E-state index contributed by atoms with van der Waals surface area (Å²) in [5.74, 6) is -6.37. The summed E-state index contributed by atoms with van der Waals surface area (Å²) in [5, 5.41) is 16.8. The van der Waals surface area contributed by atoms with Gasteiger partial charge in [0.15, 0.2) is 33.0 Å². The number of unbranched alkanes of at least 4 members (excludes halogenated alkanes) is 1. The molecule has 1 aromatic rings. The Balaban J connectivity index is 2.42. The summed E-state index contributed by atoms with van der Waals surface area (Å²) in [6.07, 6.45) is 1.12. The maximum absolute atomic E-state index is 13.3. The second-order valence-corrected chi connectivity index (χ2v) is 5.42. The van der Waals surface area contributed by atoms with Crippen molar-refractivity contribution < 1.29 is 32.2 Å². The van der Waals surface area contributed by atoms with Crippen LogP contribution in [-0.2, 0) is 10.8 Å². The second-order valence-electron chi connectivity index (χ2n) is 3.97. The van der Waals surface area contributed by atoms with Gasteiger partial charge in [-0.3, -0.25) is 0 Å². The van der Waals surface area contributed by atoms with Crippen LogP contribution >= 0.6 is 0 Å². The molecule has 0 amide bonds. The van der Waals surface area contributed by atoms with Crippen molar-refractivity contribution in [1.82, 2.24) is 0 Å². The number of aliphatic hydroxyl groups excluding tert-OH is 1. The van der Waals surface area contributed by atoms with Crippen LogP contribution in [0.1, 0.15) is 18.4 Å². The number of rotatable bonds is 7. The lowest BCUT2D eigenvalue weighted by Crippen LogP contribution is -2.13. The Labute approximate surface area is 109 Å². The number of aryl methyl sites for hydroxylation is 1. The minimum atomic E-state index is -1.81. The quantitative estimate of drug-likeness (QED) is 0.199. The molecule has 0 spiro atoms. The van der Waals surface area contributed by atoms with Gasteiger partial charge in [0, 0.05) is 0 Å². The summed E-state index contributed by atoms with van der Waals surface area (Å²) in [4.78, 5) is 0. The van der Waals surface area contributed by atoms with E-state index in [1.807, 2.05) is 0 Å². The maximum atomic E-state index is 13.3. The highest BCUT2D eigenvalue weighted by Gasteiger charge is 2.18. The maximum Gasteiger partial charge on any atom is 0.256 e. The van der Waals surface area contributed by atoms with Crippen molar-refractivity contribution in [3.05, 3.63) is 34.9 Å². The van der Waals surface area contributed by atoms with Gasteiger partial charge in [0.1, 0.15) is 0 Å². The summed E-state index contributed by atoms with van der Waals surface area (Å²) < 4.78 is 56.3. The van der Waals surface area contributed by atoms with Gasteiger partial charge < -0.3 is 14.6 Å². The summed E-state index contributed by atoms with van der Waals surface area (Å²) >= 11 is 0. The van der Waals surface area contributed by atoms with E-state index in [0.717, 1.165) is 0 Å². The molecule has 0 aromatic heterocycles. The third-order valence-electron chi connectivity index (χ3n) is 2.54. The standard InChI is InChI=1S/C11H14F4O3Si/c12-7-5-6(8(13)10(15)9(7)14)3-1-2-4-19-18-11(16)17/h5,11,16-17H,1-4,19H2. The lowest BCUT2D eigenvalue weighted by Gasteiger charge is -2.07. The molecule has 0 bridgehead atoms. The van der Waals surface area contributed by atoms with Crippen LogP contribution in [0.4, 0.5) is 17.6 Å². The zero-order valence-corrected chi connectivity index (χ0v) is 11.4. The van der Waals surface area contributed by atoms with Crippen molar-refractivity contribution in [2.75, 3.05) is 0 Å². The number of hydrogen-bond acceptors (Lipinski definition) is 3. The molecule has 0 aliphatic rings. The van der Waals surface area contributed by atoms with Crippen molar-refractivity contribution in [2.45, 2.75) is 31.8 Å². The topological polar surface area (TPSA) is 49.7 Å². The summed E-state index contributed by atoms with van der Waals surface area (Å²) in [5.41, 5.74) is -0.207. The van der Waals surface area contributed by atoms with Gasteiger partial charge >= 0.3 is 0 Å². The third-order valence-corrected chi connectivity index (χ3v) is 3.86. The summed E-state index contributed by atoms with van der Waals surface area (Å²) in [7, 11) is -1.07. The van der Waals surface area contributed by atoms with E-state index in [9.17, 15) is 17.6 Å². The lowest BCUT2D eigenvalue weighted by molar-refractivity contribution is -0.180. The molecule has 0 heterocycles. The van der Waals surface area contributed by atoms with Gasteiger partial charge in [-0.2, -0.15) is 0 Å². The minimum Gasteiger partial charge on any atom is -0.379 e. The van der Waals surface area contributed by atoms with Crippen molar-refractivity contribution >= 4 is 9.76 Å². The van der Waals surface area contributed by atoms with Crippen LogP contribution in [0, 0.1) is 23.3 Å². The van der Waals surface area contributed by atoms with Crippen LogP contribution in [0.2, 0.25) is 6.04 Å². The van der Waals surface area contributed by atoms with E-state index in [2.05, 4.69) is 4.43 Å². The number of aliphatic hydroxyl groups is 2. The summed E-state index contributed by atoms with van der Waals surface area (Å²) in [6, 6.07) is 1.27. The summed E-state index contributed by atoms with van der Waals surface area (Å²) in [6.45, 7) is -1.77. The van der Waals surface area contributed by atoms with Gasteiger partial charge in [0.05, 0.1) is 0 Å². The fraction of sp³-hybridized carbons (Fsp3) is 0.455. The average Bonchev–Trinajstić information content (AvgIpc) is 2.36. The van der Waals surface area contributed by atoms with Crippen LogP contribution in [-0.4, -0.2) is 26.5 Å². The molecule has 2 N–H and O–H groups in total. The van der Waals surface area contributed by atoms with Crippen molar-refractivity contribution in [3.8, 4) is 0 Å². The molecule has 0 saturated carbocycles. The molecule has 1 aromatic carbocycles. The van der Waals surface area contributed by atoms with Crippen LogP contribution in [0.15, 0.2) is 6.07 Å². The van der Waals surface area contributed by atoms with Crippen molar-refractivity contribution in [1.29, 1.82) is 0 Å².